The Hall–Kier alpha value is -2.47. The van der Waals surface area contributed by atoms with Crippen LogP contribution in [0.15, 0.2) is 54.6 Å². The lowest BCUT2D eigenvalue weighted by molar-refractivity contribution is -0.120. The maximum atomic E-state index is 12.4. The second-order valence-electron chi connectivity index (χ2n) is 5.28. The standard InChI is InChI=1S/C17H17NO4S/c1-12(17(20)18-23(2,21)22)14-9-6-10-15(11-14)16(19)13-7-4-3-5-8-13/h3-12H,1-2H3,(H,18,20)/t12-/m0/s1. The van der Waals surface area contributed by atoms with Crippen molar-refractivity contribution in [2.24, 2.45) is 0 Å². The SMILES string of the molecule is C[C@H](C(=O)NS(C)(=O)=O)c1cccc(C(=O)c2ccccc2)c1. The van der Waals surface area contributed by atoms with Crippen LogP contribution in [0.2, 0.25) is 0 Å². The number of carbonyl (C=O) groups is 2. The van der Waals surface area contributed by atoms with Crippen molar-refractivity contribution in [1.82, 2.24) is 4.72 Å². The number of carbonyl (C=O) groups excluding carboxylic acids is 2. The molecule has 0 aromatic heterocycles. The number of sulfonamides is 1. The van der Waals surface area contributed by atoms with Gasteiger partial charge in [-0.25, -0.2) is 8.42 Å². The van der Waals surface area contributed by atoms with Gasteiger partial charge in [0.25, 0.3) is 0 Å². The highest BCUT2D eigenvalue weighted by atomic mass is 32.2. The van der Waals surface area contributed by atoms with E-state index in [1.165, 1.54) is 0 Å². The van der Waals surface area contributed by atoms with E-state index in [1.807, 2.05) is 10.8 Å². The molecule has 6 heteroatoms. The van der Waals surface area contributed by atoms with Gasteiger partial charge in [0.05, 0.1) is 12.2 Å². The van der Waals surface area contributed by atoms with E-state index in [-0.39, 0.29) is 5.78 Å². The van der Waals surface area contributed by atoms with Gasteiger partial charge >= 0.3 is 0 Å². The van der Waals surface area contributed by atoms with Gasteiger partial charge in [-0.1, -0.05) is 48.5 Å². The summed E-state index contributed by atoms with van der Waals surface area (Å²) in [6.07, 6.45) is 0.924. The highest BCUT2D eigenvalue weighted by Crippen LogP contribution is 2.19. The summed E-state index contributed by atoms with van der Waals surface area (Å²) >= 11 is 0. The molecule has 5 nitrogen and oxygen atoms in total. The smallest absolute Gasteiger partial charge is 0.240 e. The van der Waals surface area contributed by atoms with E-state index in [9.17, 15) is 18.0 Å². The van der Waals surface area contributed by atoms with E-state index in [1.54, 1.807) is 55.5 Å². The zero-order valence-electron chi connectivity index (χ0n) is 12.8. The van der Waals surface area contributed by atoms with Crippen LogP contribution in [0, 0.1) is 0 Å². The summed E-state index contributed by atoms with van der Waals surface area (Å²) in [6, 6.07) is 15.5. The van der Waals surface area contributed by atoms with Crippen LogP contribution in [0.3, 0.4) is 0 Å². The summed E-state index contributed by atoms with van der Waals surface area (Å²) in [7, 11) is -3.61. The van der Waals surface area contributed by atoms with E-state index < -0.39 is 21.8 Å². The highest BCUT2D eigenvalue weighted by Gasteiger charge is 2.19. The van der Waals surface area contributed by atoms with Crippen LogP contribution in [-0.2, 0) is 14.8 Å². The Balaban J connectivity index is 2.26. The first-order chi connectivity index (χ1) is 10.8. The molecule has 1 N–H and O–H groups in total. The Kier molecular flexibility index (Phi) is 4.95. The fraction of sp³-hybridized carbons (Fsp3) is 0.176. The van der Waals surface area contributed by atoms with Gasteiger partial charge < -0.3 is 0 Å². The number of hydrogen-bond donors (Lipinski definition) is 1. The Bertz CT molecular complexity index is 829. The molecule has 2 aromatic carbocycles. The highest BCUT2D eigenvalue weighted by molar-refractivity contribution is 7.89. The van der Waals surface area contributed by atoms with E-state index in [0.717, 1.165) is 6.26 Å². The molecule has 0 fully saturated rings. The minimum absolute atomic E-state index is 0.150. The third-order valence-electron chi connectivity index (χ3n) is 3.36. The van der Waals surface area contributed by atoms with Gasteiger partial charge in [-0.3, -0.25) is 14.3 Å². The number of ketones is 1. The Labute approximate surface area is 135 Å². The van der Waals surface area contributed by atoms with Crippen molar-refractivity contribution in [3.05, 3.63) is 71.3 Å². The lowest BCUT2D eigenvalue weighted by atomic mass is 9.95. The number of benzene rings is 2. The zero-order valence-corrected chi connectivity index (χ0v) is 13.6. The van der Waals surface area contributed by atoms with Crippen LogP contribution >= 0.6 is 0 Å². The first kappa shape index (κ1) is 16.9. The Morgan fingerprint density at radius 1 is 0.957 bits per heavy atom. The van der Waals surface area contributed by atoms with Crippen LogP contribution < -0.4 is 4.72 Å². The van der Waals surface area contributed by atoms with Crippen molar-refractivity contribution < 1.29 is 18.0 Å². The van der Waals surface area contributed by atoms with Gasteiger partial charge in [0.15, 0.2) is 5.78 Å². The maximum Gasteiger partial charge on any atom is 0.240 e. The molecule has 2 aromatic rings. The molecule has 0 heterocycles. The molecule has 0 bridgehead atoms. The quantitative estimate of drug-likeness (QED) is 0.851. The largest absolute Gasteiger partial charge is 0.289 e. The monoisotopic (exact) mass is 331 g/mol. The summed E-state index contributed by atoms with van der Waals surface area (Å²) in [6.45, 7) is 1.59. The maximum absolute atomic E-state index is 12.4. The Morgan fingerprint density at radius 2 is 1.57 bits per heavy atom. The fourth-order valence-corrected chi connectivity index (χ4v) is 2.67. The van der Waals surface area contributed by atoms with E-state index in [4.69, 9.17) is 0 Å². The molecule has 0 unspecified atom stereocenters. The van der Waals surface area contributed by atoms with Crippen LogP contribution in [-0.4, -0.2) is 26.4 Å². The molecule has 0 aliphatic rings. The molecule has 0 saturated carbocycles. The molecular formula is C17H17NO4S. The van der Waals surface area contributed by atoms with Gasteiger partial charge in [0.1, 0.15) is 0 Å². The number of hydrogen-bond acceptors (Lipinski definition) is 4. The van der Waals surface area contributed by atoms with E-state index in [0.29, 0.717) is 16.7 Å². The lowest BCUT2D eigenvalue weighted by Gasteiger charge is -2.12. The predicted molar refractivity (Wildman–Crippen MR) is 87.7 cm³/mol. The minimum Gasteiger partial charge on any atom is -0.289 e. The van der Waals surface area contributed by atoms with Crippen molar-refractivity contribution in [1.29, 1.82) is 0 Å². The van der Waals surface area contributed by atoms with Crippen LogP contribution in [0.25, 0.3) is 0 Å². The van der Waals surface area contributed by atoms with Gasteiger partial charge in [-0.2, -0.15) is 0 Å². The second kappa shape index (κ2) is 6.75. The molecule has 1 atom stereocenters. The number of nitrogens with one attached hydrogen (secondary N) is 1. The van der Waals surface area contributed by atoms with Gasteiger partial charge in [-0.15, -0.1) is 0 Å². The van der Waals surface area contributed by atoms with Gasteiger partial charge in [-0.05, 0) is 18.6 Å². The molecule has 0 spiro atoms. The van der Waals surface area contributed by atoms with Crippen LogP contribution in [0.4, 0.5) is 0 Å². The topological polar surface area (TPSA) is 80.3 Å². The van der Waals surface area contributed by atoms with E-state index in [2.05, 4.69) is 0 Å². The second-order valence-corrected chi connectivity index (χ2v) is 7.03. The molecule has 23 heavy (non-hydrogen) atoms. The summed E-state index contributed by atoms with van der Waals surface area (Å²) in [5, 5.41) is 0. The summed E-state index contributed by atoms with van der Waals surface area (Å²) in [4.78, 5) is 24.4. The predicted octanol–water partition coefficient (Wildman–Crippen LogP) is 2.10. The van der Waals surface area contributed by atoms with Crippen LogP contribution in [0.1, 0.15) is 34.3 Å². The lowest BCUT2D eigenvalue weighted by Crippen LogP contribution is -2.32. The third-order valence-corrected chi connectivity index (χ3v) is 3.94. The van der Waals surface area contributed by atoms with Crippen molar-refractivity contribution in [3.63, 3.8) is 0 Å². The molecule has 2 rings (SSSR count). The fourth-order valence-electron chi connectivity index (χ4n) is 2.13. The van der Waals surface area contributed by atoms with Crippen molar-refractivity contribution in [2.45, 2.75) is 12.8 Å². The number of rotatable bonds is 5. The summed E-state index contributed by atoms with van der Waals surface area (Å²) in [5.74, 6) is -1.46. The summed E-state index contributed by atoms with van der Waals surface area (Å²) < 4.78 is 24.2. The number of amides is 1. The molecule has 1 amide bonds. The average molecular weight is 331 g/mol. The van der Waals surface area contributed by atoms with Crippen molar-refractivity contribution in [2.75, 3.05) is 6.26 Å². The first-order valence-electron chi connectivity index (χ1n) is 6.99. The molecule has 120 valence electrons. The average Bonchev–Trinajstić information content (AvgIpc) is 2.52. The normalized spacial score (nSPS) is 12.4. The molecular weight excluding hydrogens is 314 g/mol. The van der Waals surface area contributed by atoms with E-state index >= 15 is 0 Å². The van der Waals surface area contributed by atoms with Gasteiger partial charge in [0.2, 0.25) is 15.9 Å². The summed E-state index contributed by atoms with van der Waals surface area (Å²) in [5.41, 5.74) is 1.58. The first-order valence-corrected chi connectivity index (χ1v) is 8.88. The molecule has 0 saturated heterocycles. The molecule has 0 aliphatic heterocycles. The van der Waals surface area contributed by atoms with Crippen LogP contribution in [0.5, 0.6) is 0 Å². The minimum atomic E-state index is -3.61. The molecule has 0 radical (unpaired) electrons. The van der Waals surface area contributed by atoms with Crippen molar-refractivity contribution >= 4 is 21.7 Å². The third kappa shape index (κ3) is 4.50. The Morgan fingerprint density at radius 3 is 2.17 bits per heavy atom. The van der Waals surface area contributed by atoms with Gasteiger partial charge in [0, 0.05) is 11.1 Å². The zero-order chi connectivity index (χ0) is 17.0. The van der Waals surface area contributed by atoms with Crippen molar-refractivity contribution in [3.8, 4) is 0 Å². The molecule has 0 aliphatic carbocycles.